The third-order valence-corrected chi connectivity index (χ3v) is 5.79. The molecule has 3 aromatic rings. The fourth-order valence-corrected chi connectivity index (χ4v) is 4.09. The number of nitrogens with zero attached hydrogens (tertiary/aromatic N) is 3. The predicted octanol–water partition coefficient (Wildman–Crippen LogP) is 4.66. The quantitative estimate of drug-likeness (QED) is 0.401. The van der Waals surface area contributed by atoms with Gasteiger partial charge >= 0.3 is 0 Å². The van der Waals surface area contributed by atoms with Crippen molar-refractivity contribution >= 4 is 17.4 Å². The summed E-state index contributed by atoms with van der Waals surface area (Å²) in [6.07, 6.45) is 1.56. The van der Waals surface area contributed by atoms with Crippen LogP contribution in [0.2, 0.25) is 0 Å². The first kappa shape index (κ1) is 21.0. The number of anilines is 1. The zero-order valence-corrected chi connectivity index (χ0v) is 18.4. The molecule has 0 saturated heterocycles. The Labute approximate surface area is 185 Å². The number of methoxy groups -OCH3 is 2. The van der Waals surface area contributed by atoms with Crippen LogP contribution < -0.4 is 19.5 Å². The van der Waals surface area contributed by atoms with Crippen molar-refractivity contribution in [3.8, 4) is 34.4 Å². The zero-order valence-electron chi connectivity index (χ0n) is 17.6. The maximum Gasteiger partial charge on any atom is 0.247 e. The molecule has 8 nitrogen and oxygen atoms in total. The summed E-state index contributed by atoms with van der Waals surface area (Å²) in [4.78, 5) is 4.64. The van der Waals surface area contributed by atoms with Crippen LogP contribution in [0.5, 0.6) is 23.1 Å². The molecule has 1 aromatic heterocycles. The Morgan fingerprint density at radius 1 is 1.13 bits per heavy atom. The van der Waals surface area contributed by atoms with Gasteiger partial charge in [0.15, 0.2) is 23.4 Å². The number of rotatable bonds is 7. The van der Waals surface area contributed by atoms with Gasteiger partial charge in [-0.3, -0.25) is 0 Å². The van der Waals surface area contributed by atoms with Gasteiger partial charge in [0.2, 0.25) is 16.8 Å². The molecule has 0 spiro atoms. The summed E-state index contributed by atoms with van der Waals surface area (Å²) in [5, 5.41) is 23.0. The lowest BCUT2D eigenvalue weighted by atomic mass is 10.1. The summed E-state index contributed by atoms with van der Waals surface area (Å²) in [6.45, 7) is 2.15. The van der Waals surface area contributed by atoms with Gasteiger partial charge in [-0.1, -0.05) is 43.3 Å². The molecule has 31 heavy (non-hydrogen) atoms. The third-order valence-electron chi connectivity index (χ3n) is 4.87. The van der Waals surface area contributed by atoms with Gasteiger partial charge in [0, 0.05) is 22.6 Å². The van der Waals surface area contributed by atoms with Gasteiger partial charge in [0.05, 0.1) is 14.2 Å². The normalized spacial score (nSPS) is 14.5. The highest BCUT2D eigenvalue weighted by molar-refractivity contribution is 7.99. The van der Waals surface area contributed by atoms with Crippen LogP contribution in [-0.2, 0) is 0 Å². The lowest BCUT2D eigenvalue weighted by molar-refractivity contribution is 0.223. The van der Waals surface area contributed by atoms with Crippen molar-refractivity contribution in [2.75, 3.05) is 25.3 Å². The van der Waals surface area contributed by atoms with Gasteiger partial charge in [-0.25, -0.2) is 0 Å². The number of hydrogen-bond donors (Lipinski definition) is 2. The predicted molar refractivity (Wildman–Crippen MR) is 119 cm³/mol. The fraction of sp³-hybridized carbons (Fsp3) is 0.318. The van der Waals surface area contributed by atoms with Crippen molar-refractivity contribution in [2.24, 2.45) is 0 Å². The monoisotopic (exact) mass is 440 g/mol. The highest BCUT2D eigenvalue weighted by atomic mass is 32.2. The van der Waals surface area contributed by atoms with Gasteiger partial charge in [-0.05, 0) is 24.6 Å². The molecule has 1 atom stereocenters. The van der Waals surface area contributed by atoms with Gasteiger partial charge < -0.3 is 24.6 Å². The maximum absolute atomic E-state index is 10.3. The number of nitrogens with one attached hydrogen (secondary N) is 1. The zero-order chi connectivity index (χ0) is 21.8. The van der Waals surface area contributed by atoms with Gasteiger partial charge in [0.25, 0.3) is 0 Å². The molecule has 2 heterocycles. The molecule has 0 radical (unpaired) electrons. The van der Waals surface area contributed by atoms with E-state index in [-0.39, 0.29) is 17.2 Å². The minimum Gasteiger partial charge on any atom is -0.502 e. The van der Waals surface area contributed by atoms with Crippen LogP contribution in [0.1, 0.15) is 31.6 Å². The van der Waals surface area contributed by atoms with E-state index in [4.69, 9.17) is 14.2 Å². The third kappa shape index (κ3) is 4.32. The van der Waals surface area contributed by atoms with Crippen LogP contribution in [0.4, 0.5) is 5.69 Å². The van der Waals surface area contributed by atoms with E-state index in [0.29, 0.717) is 22.3 Å². The molecule has 0 saturated carbocycles. The smallest absolute Gasteiger partial charge is 0.247 e. The van der Waals surface area contributed by atoms with Crippen molar-refractivity contribution < 1.29 is 19.3 Å². The molecule has 2 N–H and O–H groups in total. The first-order chi connectivity index (χ1) is 15.1. The first-order valence-corrected chi connectivity index (χ1v) is 11.0. The lowest BCUT2D eigenvalue weighted by Gasteiger charge is -2.21. The molecule has 162 valence electrons. The van der Waals surface area contributed by atoms with Crippen LogP contribution in [0.25, 0.3) is 11.3 Å². The fourth-order valence-electron chi connectivity index (χ4n) is 3.23. The first-order valence-electron chi connectivity index (χ1n) is 9.99. The Morgan fingerprint density at radius 3 is 2.58 bits per heavy atom. The van der Waals surface area contributed by atoms with E-state index in [2.05, 4.69) is 27.4 Å². The van der Waals surface area contributed by atoms with Crippen LogP contribution in [0.15, 0.2) is 41.6 Å². The van der Waals surface area contributed by atoms with Gasteiger partial charge in [-0.15, -0.1) is 10.2 Å². The number of aromatic nitrogens is 3. The molecule has 9 heteroatoms. The number of unbranched alkanes of at least 4 members (excludes halogenated alkanes) is 1. The molecule has 0 amide bonds. The number of fused-ring (bicyclic) bond motifs is 3. The SMILES string of the molecule is CCCCSc1nnc2c(n1)O[C@H](c1cc(OC)c(O)c(OC)c1)Nc1ccccc1-2. The summed E-state index contributed by atoms with van der Waals surface area (Å²) < 4.78 is 16.9. The summed E-state index contributed by atoms with van der Waals surface area (Å²) in [5.41, 5.74) is 2.96. The number of aromatic hydroxyl groups is 1. The molecule has 1 aliphatic rings. The summed E-state index contributed by atoms with van der Waals surface area (Å²) >= 11 is 1.56. The Kier molecular flexibility index (Phi) is 6.31. The minimum absolute atomic E-state index is 0.0678. The summed E-state index contributed by atoms with van der Waals surface area (Å²) in [6, 6.07) is 11.2. The van der Waals surface area contributed by atoms with Gasteiger partial charge in [-0.2, -0.15) is 4.98 Å². The largest absolute Gasteiger partial charge is 0.502 e. The van der Waals surface area contributed by atoms with Crippen LogP contribution in [0.3, 0.4) is 0 Å². The number of para-hydroxylation sites is 1. The maximum atomic E-state index is 10.3. The van der Waals surface area contributed by atoms with Gasteiger partial charge in [0.1, 0.15) is 0 Å². The molecule has 4 rings (SSSR count). The molecule has 2 aromatic carbocycles. The summed E-state index contributed by atoms with van der Waals surface area (Å²) in [7, 11) is 2.97. The molecule has 1 aliphatic heterocycles. The Balaban J connectivity index is 1.77. The number of thioether (sulfide) groups is 1. The van der Waals surface area contributed by atoms with E-state index in [9.17, 15) is 5.11 Å². The van der Waals surface area contributed by atoms with Crippen LogP contribution in [-0.4, -0.2) is 40.3 Å². The second-order valence-corrected chi connectivity index (χ2v) is 7.97. The highest BCUT2D eigenvalue weighted by Gasteiger charge is 2.27. The number of hydrogen-bond acceptors (Lipinski definition) is 9. The van der Waals surface area contributed by atoms with Crippen molar-refractivity contribution in [1.29, 1.82) is 0 Å². The number of phenols is 1. The molecule has 0 unspecified atom stereocenters. The second-order valence-electron chi connectivity index (χ2n) is 6.91. The molecule has 0 bridgehead atoms. The standard InChI is InChI=1S/C22H24N4O4S/c1-4-5-10-31-22-24-21-18(25-26-22)14-8-6-7-9-15(14)23-20(30-21)13-11-16(28-2)19(27)17(12-13)29-3/h6-9,11-12,20,23,27H,4-5,10H2,1-3H3/t20-/m1/s1. The van der Waals surface area contributed by atoms with Crippen molar-refractivity contribution in [3.05, 3.63) is 42.0 Å². The lowest BCUT2D eigenvalue weighted by Crippen LogP contribution is -2.17. The second kappa shape index (κ2) is 9.30. The number of benzene rings is 2. The number of phenolic OH excluding ortho intramolecular Hbond substituents is 1. The summed E-state index contributed by atoms with van der Waals surface area (Å²) in [5.74, 6) is 1.81. The molecular formula is C22H24N4O4S. The average molecular weight is 441 g/mol. The van der Waals surface area contributed by atoms with Crippen molar-refractivity contribution in [2.45, 2.75) is 31.1 Å². The van der Waals surface area contributed by atoms with E-state index < -0.39 is 6.23 Å². The average Bonchev–Trinajstić information content (AvgIpc) is 2.96. The Morgan fingerprint density at radius 2 is 1.87 bits per heavy atom. The van der Waals surface area contributed by atoms with Crippen LogP contribution in [0, 0.1) is 0 Å². The minimum atomic E-state index is -0.615. The van der Waals surface area contributed by atoms with E-state index >= 15 is 0 Å². The molecular weight excluding hydrogens is 416 g/mol. The van der Waals surface area contributed by atoms with E-state index in [1.807, 2.05) is 24.3 Å². The Bertz CT molecular complexity index is 1050. The van der Waals surface area contributed by atoms with Crippen molar-refractivity contribution in [3.63, 3.8) is 0 Å². The van der Waals surface area contributed by atoms with E-state index in [0.717, 1.165) is 29.8 Å². The van der Waals surface area contributed by atoms with Crippen LogP contribution >= 0.6 is 11.8 Å². The van der Waals surface area contributed by atoms with Crippen molar-refractivity contribution in [1.82, 2.24) is 15.2 Å². The highest BCUT2D eigenvalue weighted by Crippen LogP contribution is 2.43. The van der Waals surface area contributed by atoms with E-state index in [1.54, 1.807) is 23.9 Å². The molecule has 0 fully saturated rings. The Hall–Kier alpha value is -3.20. The number of ether oxygens (including phenoxy) is 3. The van der Waals surface area contributed by atoms with E-state index in [1.165, 1.54) is 14.2 Å². The topological polar surface area (TPSA) is 98.6 Å². The molecule has 0 aliphatic carbocycles.